The molecule has 0 spiro atoms. The topological polar surface area (TPSA) is 47.6 Å². The van der Waals surface area contributed by atoms with Crippen molar-refractivity contribution in [2.45, 2.75) is 52.6 Å². The summed E-state index contributed by atoms with van der Waals surface area (Å²) in [6.45, 7) is 11.1. The summed E-state index contributed by atoms with van der Waals surface area (Å²) >= 11 is 0. The molecule has 0 unspecified atom stereocenters. The van der Waals surface area contributed by atoms with E-state index < -0.39 is 0 Å². The standard InChI is InChI=1S/2C4H10N.Ru/c2*1-4(2,3)5;/h2*5H,1-3H3;/q2*-1;+2. The van der Waals surface area contributed by atoms with Gasteiger partial charge >= 0.3 is 19.5 Å². The molecule has 0 heterocycles. The van der Waals surface area contributed by atoms with Crippen LogP contribution in [0.3, 0.4) is 0 Å². The van der Waals surface area contributed by atoms with E-state index >= 15 is 0 Å². The van der Waals surface area contributed by atoms with Gasteiger partial charge in [0.1, 0.15) is 0 Å². The Kier molecular flexibility index (Phi) is 9.75. The fraction of sp³-hybridized carbons (Fsp3) is 1.00. The molecule has 0 atom stereocenters. The van der Waals surface area contributed by atoms with E-state index in [1.807, 2.05) is 41.5 Å². The molecular weight excluding hydrogens is 225 g/mol. The second kappa shape index (κ2) is 6.10. The summed E-state index contributed by atoms with van der Waals surface area (Å²) in [4.78, 5) is 0. The molecule has 0 radical (unpaired) electrons. The van der Waals surface area contributed by atoms with Crippen LogP contribution in [0.1, 0.15) is 41.5 Å². The largest absolute Gasteiger partial charge is 2.00 e. The van der Waals surface area contributed by atoms with Gasteiger partial charge in [-0.05, 0) is 0 Å². The van der Waals surface area contributed by atoms with Crippen LogP contribution in [0.2, 0.25) is 0 Å². The summed E-state index contributed by atoms with van der Waals surface area (Å²) in [5.74, 6) is 0. The molecule has 2 nitrogen and oxygen atoms in total. The van der Waals surface area contributed by atoms with Crippen molar-refractivity contribution in [2.75, 3.05) is 0 Å². The molecule has 0 bridgehead atoms. The second-order valence-electron chi connectivity index (χ2n) is 4.50. The molecule has 0 aliphatic rings. The number of hydrogen-bond donors (Lipinski definition) is 0. The molecule has 0 aromatic carbocycles. The molecule has 2 N–H and O–H groups in total. The minimum atomic E-state index is -0.250. The summed E-state index contributed by atoms with van der Waals surface area (Å²) in [5, 5.41) is 0. The Morgan fingerprint density at radius 1 is 0.636 bits per heavy atom. The summed E-state index contributed by atoms with van der Waals surface area (Å²) in [5.41, 5.74) is 13.4. The maximum Gasteiger partial charge on any atom is 2.00 e. The van der Waals surface area contributed by atoms with Gasteiger partial charge < -0.3 is 11.5 Å². The fourth-order valence-corrected chi connectivity index (χ4v) is 0. The van der Waals surface area contributed by atoms with E-state index in [4.69, 9.17) is 11.5 Å². The van der Waals surface area contributed by atoms with E-state index in [1.165, 1.54) is 0 Å². The van der Waals surface area contributed by atoms with Crippen molar-refractivity contribution in [3.8, 4) is 0 Å². The Balaban J connectivity index is -0.000000107. The Bertz CT molecular complexity index is 55.1. The van der Waals surface area contributed by atoms with Crippen molar-refractivity contribution in [1.29, 1.82) is 0 Å². The van der Waals surface area contributed by atoms with Gasteiger partial charge in [-0.3, -0.25) is 0 Å². The van der Waals surface area contributed by atoms with E-state index in [9.17, 15) is 0 Å². The third kappa shape index (κ3) is 2610. The van der Waals surface area contributed by atoms with Gasteiger partial charge in [-0.2, -0.15) is 0 Å². The molecule has 3 heteroatoms. The zero-order valence-corrected chi connectivity index (χ0v) is 10.1. The average Bonchev–Trinajstić information content (AvgIpc) is 1.12. The normalized spacial score (nSPS) is 10.9. The molecule has 0 rings (SSSR count). The van der Waals surface area contributed by atoms with Gasteiger partial charge in [-0.15, -0.1) is 11.1 Å². The summed E-state index contributed by atoms with van der Waals surface area (Å²) in [7, 11) is 0. The first-order valence-electron chi connectivity index (χ1n) is 3.50. The number of nitrogens with one attached hydrogen (secondary N) is 2. The van der Waals surface area contributed by atoms with Crippen molar-refractivity contribution in [3.63, 3.8) is 0 Å². The molecule has 0 fully saturated rings. The van der Waals surface area contributed by atoms with Crippen molar-refractivity contribution in [2.24, 2.45) is 0 Å². The van der Waals surface area contributed by atoms with Crippen LogP contribution in [0.4, 0.5) is 0 Å². The van der Waals surface area contributed by atoms with Gasteiger partial charge in [0.25, 0.3) is 0 Å². The second-order valence-corrected chi connectivity index (χ2v) is 4.50. The quantitative estimate of drug-likeness (QED) is 0.585. The monoisotopic (exact) mass is 246 g/mol. The van der Waals surface area contributed by atoms with Crippen LogP contribution < -0.4 is 0 Å². The van der Waals surface area contributed by atoms with Gasteiger partial charge in [0.2, 0.25) is 0 Å². The van der Waals surface area contributed by atoms with Crippen LogP contribution in [-0.2, 0) is 19.5 Å². The first-order valence-corrected chi connectivity index (χ1v) is 3.50. The Hall–Kier alpha value is 0.543. The van der Waals surface area contributed by atoms with Crippen LogP contribution in [0.15, 0.2) is 0 Å². The maximum atomic E-state index is 6.94. The fourth-order valence-electron chi connectivity index (χ4n) is 0. The first kappa shape index (κ1) is 17.6. The molecule has 11 heavy (non-hydrogen) atoms. The van der Waals surface area contributed by atoms with E-state index in [1.54, 1.807) is 0 Å². The van der Waals surface area contributed by atoms with Crippen molar-refractivity contribution in [1.82, 2.24) is 0 Å². The van der Waals surface area contributed by atoms with Gasteiger partial charge in [-0.25, -0.2) is 0 Å². The number of rotatable bonds is 0. The van der Waals surface area contributed by atoms with Crippen molar-refractivity contribution < 1.29 is 19.5 Å². The van der Waals surface area contributed by atoms with Gasteiger partial charge in [0.05, 0.1) is 0 Å². The van der Waals surface area contributed by atoms with Crippen LogP contribution in [0.5, 0.6) is 0 Å². The molecule has 0 aliphatic heterocycles. The molecule has 0 saturated carbocycles. The molecule has 70 valence electrons. The Labute approximate surface area is 83.9 Å². The zero-order valence-electron chi connectivity index (χ0n) is 8.35. The van der Waals surface area contributed by atoms with Gasteiger partial charge in [0.15, 0.2) is 0 Å². The predicted molar refractivity (Wildman–Crippen MR) is 48.1 cm³/mol. The van der Waals surface area contributed by atoms with Crippen LogP contribution in [0.25, 0.3) is 11.5 Å². The van der Waals surface area contributed by atoms with E-state index in [0.717, 1.165) is 0 Å². The average molecular weight is 245 g/mol. The number of hydrogen-bond acceptors (Lipinski definition) is 0. The molecule has 0 aromatic rings. The molecule has 0 amide bonds. The van der Waals surface area contributed by atoms with Crippen molar-refractivity contribution in [3.05, 3.63) is 11.5 Å². The van der Waals surface area contributed by atoms with Crippen LogP contribution in [-0.4, -0.2) is 11.1 Å². The third-order valence-electron chi connectivity index (χ3n) is 0. The first-order chi connectivity index (χ1) is 4.00. The van der Waals surface area contributed by atoms with Gasteiger partial charge in [0, 0.05) is 0 Å². The van der Waals surface area contributed by atoms with E-state index in [2.05, 4.69) is 0 Å². The third-order valence-corrected chi connectivity index (χ3v) is 0. The Morgan fingerprint density at radius 2 is 0.636 bits per heavy atom. The minimum Gasteiger partial charge on any atom is -0.673 e. The van der Waals surface area contributed by atoms with Gasteiger partial charge in [-0.1, -0.05) is 41.5 Å². The summed E-state index contributed by atoms with van der Waals surface area (Å²) in [6.07, 6.45) is 0. The van der Waals surface area contributed by atoms with Crippen molar-refractivity contribution >= 4 is 0 Å². The summed E-state index contributed by atoms with van der Waals surface area (Å²) in [6, 6.07) is 0. The maximum absolute atomic E-state index is 6.94. The van der Waals surface area contributed by atoms with Crippen LogP contribution in [0, 0.1) is 0 Å². The molecule has 0 saturated heterocycles. The predicted octanol–water partition coefficient (Wildman–Crippen LogP) is 3.67. The molecular formula is C8H20N2Ru. The molecule has 0 aliphatic carbocycles. The SMILES string of the molecule is CC(C)(C)[NH-].CC(C)(C)[NH-].[Ru+2]. The zero-order chi connectivity index (χ0) is 9.00. The van der Waals surface area contributed by atoms with E-state index in [-0.39, 0.29) is 30.6 Å². The minimum absolute atomic E-state index is 0. The Morgan fingerprint density at radius 3 is 0.636 bits per heavy atom. The summed E-state index contributed by atoms with van der Waals surface area (Å²) < 4.78 is 0. The molecule has 0 aromatic heterocycles. The van der Waals surface area contributed by atoms with E-state index in [0.29, 0.717) is 0 Å². The van der Waals surface area contributed by atoms with Crippen LogP contribution >= 0.6 is 0 Å². The smallest absolute Gasteiger partial charge is 0.673 e.